The van der Waals surface area contributed by atoms with E-state index in [1.165, 1.54) is 7.11 Å². The lowest BCUT2D eigenvalue weighted by atomic mass is 10.1. The minimum Gasteiger partial charge on any atom is -0.593 e. The Bertz CT molecular complexity index is 1340. The number of hydrogen-bond acceptors (Lipinski definition) is 5. The van der Waals surface area contributed by atoms with Gasteiger partial charge in [0.25, 0.3) is 5.91 Å². The van der Waals surface area contributed by atoms with Crippen molar-refractivity contribution in [3.63, 3.8) is 0 Å². The minimum absolute atomic E-state index is 0.206. The molecule has 0 aliphatic carbocycles. The van der Waals surface area contributed by atoms with Gasteiger partial charge in [0.2, 0.25) is 0 Å². The van der Waals surface area contributed by atoms with Crippen molar-refractivity contribution in [2.24, 2.45) is 0 Å². The molecule has 6 nitrogen and oxygen atoms in total. The van der Waals surface area contributed by atoms with Crippen LogP contribution in [0.3, 0.4) is 0 Å². The van der Waals surface area contributed by atoms with Gasteiger partial charge < -0.3 is 14.6 Å². The average molecular weight is 487 g/mol. The molecule has 0 aliphatic rings. The minimum atomic E-state index is -1.34. The van der Waals surface area contributed by atoms with Gasteiger partial charge in [-0.25, -0.2) is 4.79 Å². The van der Waals surface area contributed by atoms with Gasteiger partial charge in [0.05, 0.1) is 30.6 Å². The second kappa shape index (κ2) is 11.2. The van der Waals surface area contributed by atoms with Gasteiger partial charge in [-0.1, -0.05) is 48.5 Å². The van der Waals surface area contributed by atoms with E-state index in [0.717, 1.165) is 26.8 Å². The van der Waals surface area contributed by atoms with Crippen LogP contribution in [0.25, 0.3) is 10.8 Å². The summed E-state index contributed by atoms with van der Waals surface area (Å²) in [5, 5.41) is 5.05. The van der Waals surface area contributed by atoms with Gasteiger partial charge in [-0.2, -0.15) is 0 Å². The van der Waals surface area contributed by atoms with Gasteiger partial charge in [0.1, 0.15) is 0 Å². The lowest BCUT2D eigenvalue weighted by molar-refractivity contribution is 0.0600. The first-order chi connectivity index (χ1) is 16.9. The van der Waals surface area contributed by atoms with E-state index in [1.807, 2.05) is 60.7 Å². The molecule has 1 amide bonds. The average Bonchev–Trinajstić information content (AvgIpc) is 2.91. The Morgan fingerprint density at radius 3 is 2.34 bits per heavy atom. The third-order valence-electron chi connectivity index (χ3n) is 5.63. The van der Waals surface area contributed by atoms with Crippen molar-refractivity contribution in [2.75, 3.05) is 14.2 Å². The summed E-state index contributed by atoms with van der Waals surface area (Å²) in [6.45, 7) is 0.756. The van der Waals surface area contributed by atoms with Crippen molar-refractivity contribution in [3.05, 3.63) is 113 Å². The number of carbonyl (C=O) groups is 2. The number of carbonyl (C=O) groups excluding carboxylic acids is 2. The molecule has 0 fully saturated rings. The molecule has 0 heterocycles. The third kappa shape index (κ3) is 6.08. The maximum atomic E-state index is 13.1. The molecule has 7 heteroatoms. The monoisotopic (exact) mass is 486 g/mol. The van der Waals surface area contributed by atoms with Crippen LogP contribution in [0.1, 0.15) is 31.8 Å². The number of nitrogens with one attached hydrogen (secondary N) is 1. The van der Waals surface area contributed by atoms with Crippen LogP contribution in [0.5, 0.6) is 0 Å². The molecule has 0 bridgehead atoms. The first-order valence-electron chi connectivity index (χ1n) is 11.1. The number of rotatable bonds is 8. The summed E-state index contributed by atoms with van der Waals surface area (Å²) in [5.41, 5.74) is 2.74. The second-order valence-electron chi connectivity index (χ2n) is 8.12. The molecule has 4 aromatic rings. The lowest BCUT2D eigenvalue weighted by Crippen LogP contribution is -2.27. The molecule has 35 heavy (non-hydrogen) atoms. The van der Waals surface area contributed by atoms with E-state index >= 15 is 0 Å². The first kappa shape index (κ1) is 24.5. The fourth-order valence-electron chi connectivity index (χ4n) is 3.74. The molecule has 1 atom stereocenters. The van der Waals surface area contributed by atoms with Crippen LogP contribution in [0, 0.1) is 0 Å². The summed E-state index contributed by atoms with van der Waals surface area (Å²) in [6, 6.07) is 28.0. The third-order valence-corrected chi connectivity index (χ3v) is 6.98. The highest BCUT2D eigenvalue weighted by atomic mass is 32.2. The Morgan fingerprint density at radius 1 is 0.857 bits per heavy atom. The Kier molecular flexibility index (Phi) is 7.82. The molecular formula is C28H26N2O4S. The van der Waals surface area contributed by atoms with E-state index in [-0.39, 0.29) is 5.91 Å². The molecule has 0 aromatic heterocycles. The highest BCUT2D eigenvalue weighted by Crippen LogP contribution is 2.22. The van der Waals surface area contributed by atoms with Gasteiger partial charge >= 0.3 is 5.97 Å². The largest absolute Gasteiger partial charge is 0.593 e. The number of ether oxygens (including phenoxy) is 1. The van der Waals surface area contributed by atoms with E-state index in [2.05, 4.69) is 5.32 Å². The van der Waals surface area contributed by atoms with Crippen molar-refractivity contribution in [2.45, 2.75) is 18.0 Å². The maximum Gasteiger partial charge on any atom is 0.337 e. The number of hydrogen-bond donors (Lipinski definition) is 1. The number of methoxy groups -OCH3 is 1. The van der Waals surface area contributed by atoms with Crippen molar-refractivity contribution in [3.8, 4) is 0 Å². The highest BCUT2D eigenvalue weighted by Gasteiger charge is 2.19. The topological polar surface area (TPSA) is 81.7 Å². The van der Waals surface area contributed by atoms with E-state index in [1.54, 1.807) is 41.7 Å². The van der Waals surface area contributed by atoms with Gasteiger partial charge in [0, 0.05) is 25.2 Å². The maximum absolute atomic E-state index is 13.1. The van der Waals surface area contributed by atoms with Gasteiger partial charge in [0.15, 0.2) is 4.90 Å². The number of benzene rings is 4. The Hall–Kier alpha value is -3.65. The van der Waals surface area contributed by atoms with Crippen LogP contribution < -0.4 is 5.32 Å². The van der Waals surface area contributed by atoms with Gasteiger partial charge in [-0.15, -0.1) is 4.31 Å². The number of amides is 1. The number of esters is 1. The van der Waals surface area contributed by atoms with Gasteiger partial charge in [-0.05, 0) is 58.3 Å². The summed E-state index contributed by atoms with van der Waals surface area (Å²) < 4.78 is 19.5. The summed E-state index contributed by atoms with van der Waals surface area (Å²) in [7, 11) is 3.14. The molecule has 0 aliphatic heterocycles. The van der Waals surface area contributed by atoms with Crippen LogP contribution in [0.2, 0.25) is 0 Å². The smallest absolute Gasteiger partial charge is 0.337 e. The molecule has 0 saturated carbocycles. The van der Waals surface area contributed by atoms with Crippen LogP contribution in [0.4, 0.5) is 0 Å². The normalized spacial score (nSPS) is 11.9. The predicted octanol–water partition coefficient (Wildman–Crippen LogP) is 4.71. The molecule has 4 aromatic carbocycles. The number of fused-ring (bicyclic) bond motifs is 1. The van der Waals surface area contributed by atoms with E-state index in [0.29, 0.717) is 24.2 Å². The Morgan fingerprint density at radius 2 is 1.60 bits per heavy atom. The molecule has 0 saturated heterocycles. The molecule has 1 unspecified atom stereocenters. The van der Waals surface area contributed by atoms with Crippen LogP contribution >= 0.6 is 0 Å². The zero-order chi connectivity index (χ0) is 24.8. The molecule has 0 radical (unpaired) electrons. The standard InChI is InChI=1S/C28H26N2O4S/c1-30(35(33)26-15-14-22-7-3-4-8-24(22)17-26)19-21-6-5-9-25(16-21)27(31)29-18-20-10-12-23(13-11-20)28(32)34-2/h3-17H,18-19H2,1-2H3,(H,29,31). The van der Waals surface area contributed by atoms with E-state index in [9.17, 15) is 14.1 Å². The molecule has 4 rings (SSSR count). The first-order valence-corrected chi connectivity index (χ1v) is 12.2. The lowest BCUT2D eigenvalue weighted by Gasteiger charge is -2.20. The molecular weight excluding hydrogens is 460 g/mol. The summed E-state index contributed by atoms with van der Waals surface area (Å²) in [5.74, 6) is -0.605. The fourth-order valence-corrected chi connectivity index (χ4v) is 4.78. The zero-order valence-electron chi connectivity index (χ0n) is 19.6. The van der Waals surface area contributed by atoms with Crippen LogP contribution in [0.15, 0.2) is 95.9 Å². The Balaban J connectivity index is 1.37. The second-order valence-corrected chi connectivity index (χ2v) is 9.71. The van der Waals surface area contributed by atoms with Crippen LogP contribution in [-0.2, 0) is 29.2 Å². The van der Waals surface area contributed by atoms with Crippen molar-refractivity contribution < 1.29 is 18.9 Å². The van der Waals surface area contributed by atoms with E-state index < -0.39 is 17.3 Å². The SMILES string of the molecule is COC(=O)c1ccc(CNC(=O)c2cccc(CN(C)[S+]([O-])c3ccc4ccccc4c3)c2)cc1. The summed E-state index contributed by atoms with van der Waals surface area (Å²) in [4.78, 5) is 25.0. The molecule has 0 spiro atoms. The highest BCUT2D eigenvalue weighted by molar-refractivity contribution is 7.89. The predicted molar refractivity (Wildman–Crippen MR) is 137 cm³/mol. The quantitative estimate of drug-likeness (QED) is 0.288. The zero-order valence-corrected chi connectivity index (χ0v) is 20.4. The Labute approximate surface area is 207 Å². The van der Waals surface area contributed by atoms with E-state index in [4.69, 9.17) is 4.74 Å². The van der Waals surface area contributed by atoms with Crippen molar-refractivity contribution >= 4 is 34.0 Å². The molecule has 178 valence electrons. The van der Waals surface area contributed by atoms with Gasteiger partial charge in [-0.3, -0.25) is 4.79 Å². The molecule has 1 N–H and O–H groups in total. The van der Waals surface area contributed by atoms with Crippen molar-refractivity contribution in [1.29, 1.82) is 0 Å². The number of nitrogens with zero attached hydrogens (tertiary/aromatic N) is 1. The summed E-state index contributed by atoms with van der Waals surface area (Å²) in [6.07, 6.45) is 0. The van der Waals surface area contributed by atoms with Crippen molar-refractivity contribution in [1.82, 2.24) is 9.62 Å². The van der Waals surface area contributed by atoms with Crippen LogP contribution in [-0.4, -0.2) is 34.9 Å². The summed E-state index contributed by atoms with van der Waals surface area (Å²) >= 11 is -1.34. The fraction of sp³-hybridized carbons (Fsp3) is 0.143.